The summed E-state index contributed by atoms with van der Waals surface area (Å²) in [5.74, 6) is 0.166. The lowest BCUT2D eigenvalue weighted by atomic mass is 10.1. The third-order valence-corrected chi connectivity index (χ3v) is 2.50. The molecule has 16 heavy (non-hydrogen) atoms. The highest BCUT2D eigenvalue weighted by Crippen LogP contribution is 2.07. The van der Waals surface area contributed by atoms with Crippen molar-refractivity contribution in [3.63, 3.8) is 0 Å². The van der Waals surface area contributed by atoms with E-state index < -0.39 is 0 Å². The fourth-order valence-corrected chi connectivity index (χ4v) is 1.56. The summed E-state index contributed by atoms with van der Waals surface area (Å²) in [6.45, 7) is 6.20. The molecule has 1 atom stereocenters. The second kappa shape index (κ2) is 6.33. The number of amides is 1. The Morgan fingerprint density at radius 2 is 2.38 bits per heavy atom. The molecular formula is C12H20N2O2. The molecule has 1 N–H and O–H groups in total. The van der Waals surface area contributed by atoms with Gasteiger partial charge in [-0.1, -0.05) is 13.8 Å². The molecule has 0 saturated heterocycles. The van der Waals surface area contributed by atoms with Crippen molar-refractivity contribution in [1.82, 2.24) is 10.2 Å². The first-order valence-electron chi connectivity index (χ1n) is 5.62. The van der Waals surface area contributed by atoms with Gasteiger partial charge in [-0.25, -0.2) is 0 Å². The molecule has 1 unspecified atom stereocenters. The summed E-state index contributed by atoms with van der Waals surface area (Å²) in [6, 6.07) is 1.87. The number of hydrogen-bond acceptors (Lipinski definition) is 3. The Morgan fingerprint density at radius 3 is 2.94 bits per heavy atom. The molecule has 1 heterocycles. The van der Waals surface area contributed by atoms with Crippen molar-refractivity contribution in [3.05, 3.63) is 24.2 Å². The number of rotatable bonds is 6. The van der Waals surface area contributed by atoms with Crippen molar-refractivity contribution in [1.29, 1.82) is 0 Å². The molecule has 1 rings (SSSR count). The van der Waals surface area contributed by atoms with E-state index in [9.17, 15) is 4.79 Å². The number of hydrogen-bond donors (Lipinski definition) is 1. The molecule has 4 heteroatoms. The number of nitrogens with one attached hydrogen (secondary N) is 1. The molecule has 0 fully saturated rings. The monoisotopic (exact) mass is 224 g/mol. The van der Waals surface area contributed by atoms with Gasteiger partial charge in [0.2, 0.25) is 5.91 Å². The van der Waals surface area contributed by atoms with Gasteiger partial charge in [-0.3, -0.25) is 4.79 Å². The predicted molar refractivity (Wildman–Crippen MR) is 62.9 cm³/mol. The van der Waals surface area contributed by atoms with Crippen LogP contribution in [0.1, 0.15) is 19.4 Å². The molecule has 4 nitrogen and oxygen atoms in total. The number of furan rings is 1. The van der Waals surface area contributed by atoms with E-state index in [0.29, 0.717) is 6.54 Å². The Balaban J connectivity index is 2.41. The average molecular weight is 224 g/mol. The maximum atomic E-state index is 11.9. The van der Waals surface area contributed by atoms with E-state index in [-0.39, 0.29) is 11.8 Å². The van der Waals surface area contributed by atoms with Gasteiger partial charge < -0.3 is 14.6 Å². The van der Waals surface area contributed by atoms with Crippen LogP contribution in [0.4, 0.5) is 0 Å². The molecule has 0 radical (unpaired) electrons. The molecule has 0 aliphatic carbocycles. The largest absolute Gasteiger partial charge is 0.472 e. The molecule has 0 aliphatic heterocycles. The van der Waals surface area contributed by atoms with Crippen LogP contribution in [0.5, 0.6) is 0 Å². The topological polar surface area (TPSA) is 45.5 Å². The van der Waals surface area contributed by atoms with E-state index in [2.05, 4.69) is 5.32 Å². The van der Waals surface area contributed by atoms with E-state index in [1.54, 1.807) is 17.4 Å². The van der Waals surface area contributed by atoms with Crippen molar-refractivity contribution in [3.8, 4) is 0 Å². The van der Waals surface area contributed by atoms with E-state index in [0.717, 1.165) is 18.7 Å². The van der Waals surface area contributed by atoms with Crippen LogP contribution in [0.15, 0.2) is 23.0 Å². The van der Waals surface area contributed by atoms with Gasteiger partial charge in [-0.15, -0.1) is 0 Å². The van der Waals surface area contributed by atoms with Crippen LogP contribution in [0, 0.1) is 5.92 Å². The average Bonchev–Trinajstić information content (AvgIpc) is 2.77. The Kier molecular flexibility index (Phi) is 5.05. The molecule has 1 aromatic heterocycles. The van der Waals surface area contributed by atoms with Crippen LogP contribution in [-0.2, 0) is 11.3 Å². The Morgan fingerprint density at radius 1 is 1.62 bits per heavy atom. The Hall–Kier alpha value is -1.29. The fourth-order valence-electron chi connectivity index (χ4n) is 1.56. The minimum atomic E-state index is 0.0110. The number of carbonyl (C=O) groups is 1. The highest BCUT2D eigenvalue weighted by Gasteiger charge is 2.17. The van der Waals surface area contributed by atoms with Gasteiger partial charge >= 0.3 is 0 Å². The Labute approximate surface area is 96.6 Å². The number of nitrogens with zero attached hydrogens (tertiary/aromatic N) is 1. The zero-order valence-corrected chi connectivity index (χ0v) is 10.2. The quantitative estimate of drug-likeness (QED) is 0.796. The summed E-state index contributed by atoms with van der Waals surface area (Å²) < 4.78 is 4.97. The molecule has 90 valence electrons. The first kappa shape index (κ1) is 12.8. The highest BCUT2D eigenvalue weighted by atomic mass is 16.3. The third-order valence-electron chi connectivity index (χ3n) is 2.50. The lowest BCUT2D eigenvalue weighted by Crippen LogP contribution is -2.36. The summed E-state index contributed by atoms with van der Waals surface area (Å²) in [5.41, 5.74) is 1.02. The van der Waals surface area contributed by atoms with Crippen molar-refractivity contribution >= 4 is 5.91 Å². The summed E-state index contributed by atoms with van der Waals surface area (Å²) in [7, 11) is 1.82. The van der Waals surface area contributed by atoms with Crippen molar-refractivity contribution in [2.24, 2.45) is 5.92 Å². The van der Waals surface area contributed by atoms with Gasteiger partial charge in [0.1, 0.15) is 0 Å². The van der Waals surface area contributed by atoms with E-state index in [1.807, 2.05) is 27.0 Å². The zero-order valence-electron chi connectivity index (χ0n) is 10.2. The summed E-state index contributed by atoms with van der Waals surface area (Å²) in [6.07, 6.45) is 3.29. The first-order chi connectivity index (χ1) is 7.65. The molecule has 0 aliphatic rings. The maximum absolute atomic E-state index is 11.9. The van der Waals surface area contributed by atoms with Gasteiger partial charge in [0.05, 0.1) is 12.5 Å². The predicted octanol–water partition coefficient (Wildman–Crippen LogP) is 1.48. The third kappa shape index (κ3) is 3.70. The van der Waals surface area contributed by atoms with E-state index in [1.165, 1.54) is 0 Å². The minimum absolute atomic E-state index is 0.0110. The van der Waals surface area contributed by atoms with Crippen LogP contribution in [0.2, 0.25) is 0 Å². The first-order valence-corrected chi connectivity index (χ1v) is 5.62. The van der Waals surface area contributed by atoms with Gasteiger partial charge in [0.25, 0.3) is 0 Å². The van der Waals surface area contributed by atoms with Gasteiger partial charge in [0, 0.05) is 31.6 Å². The minimum Gasteiger partial charge on any atom is -0.472 e. The zero-order chi connectivity index (χ0) is 12.0. The molecular weight excluding hydrogens is 204 g/mol. The van der Waals surface area contributed by atoms with Crippen molar-refractivity contribution in [2.45, 2.75) is 20.4 Å². The fraction of sp³-hybridized carbons (Fsp3) is 0.583. The smallest absolute Gasteiger partial charge is 0.226 e. The van der Waals surface area contributed by atoms with Crippen LogP contribution >= 0.6 is 0 Å². The molecule has 0 bridgehead atoms. The van der Waals surface area contributed by atoms with Crippen LogP contribution < -0.4 is 5.32 Å². The van der Waals surface area contributed by atoms with Crippen LogP contribution in [-0.4, -0.2) is 30.9 Å². The highest BCUT2D eigenvalue weighted by molar-refractivity contribution is 5.78. The number of carbonyl (C=O) groups excluding carboxylic acids is 1. The molecule has 0 spiro atoms. The standard InChI is InChI=1S/C12H20N2O2/c1-4-13-7-10(2)12(15)14(3)8-11-5-6-16-9-11/h5-6,9-10,13H,4,7-8H2,1-3H3. The summed E-state index contributed by atoms with van der Waals surface area (Å²) >= 11 is 0. The van der Waals surface area contributed by atoms with Gasteiger partial charge in [-0.2, -0.15) is 0 Å². The second-order valence-corrected chi connectivity index (χ2v) is 4.03. The lowest BCUT2D eigenvalue weighted by Gasteiger charge is -2.20. The lowest BCUT2D eigenvalue weighted by molar-refractivity contribution is -0.134. The van der Waals surface area contributed by atoms with E-state index >= 15 is 0 Å². The van der Waals surface area contributed by atoms with E-state index in [4.69, 9.17) is 4.42 Å². The Bertz CT molecular complexity index is 309. The molecule has 1 aromatic rings. The molecule has 0 aromatic carbocycles. The van der Waals surface area contributed by atoms with Crippen LogP contribution in [0.25, 0.3) is 0 Å². The van der Waals surface area contributed by atoms with Crippen LogP contribution in [0.3, 0.4) is 0 Å². The van der Waals surface area contributed by atoms with Crippen molar-refractivity contribution < 1.29 is 9.21 Å². The molecule has 1 amide bonds. The van der Waals surface area contributed by atoms with Gasteiger partial charge in [0.15, 0.2) is 0 Å². The second-order valence-electron chi connectivity index (χ2n) is 4.03. The summed E-state index contributed by atoms with van der Waals surface area (Å²) in [4.78, 5) is 13.7. The normalized spacial score (nSPS) is 12.4. The summed E-state index contributed by atoms with van der Waals surface area (Å²) in [5, 5.41) is 3.18. The maximum Gasteiger partial charge on any atom is 0.226 e. The SMILES string of the molecule is CCNCC(C)C(=O)N(C)Cc1ccoc1. The van der Waals surface area contributed by atoms with Crippen molar-refractivity contribution in [2.75, 3.05) is 20.1 Å². The van der Waals surface area contributed by atoms with Gasteiger partial charge in [-0.05, 0) is 12.6 Å². The molecule has 0 saturated carbocycles.